The van der Waals surface area contributed by atoms with Crippen LogP contribution in [0.2, 0.25) is 0 Å². The molecule has 0 atom stereocenters. The number of benzene rings is 2. The molecule has 0 aliphatic rings. The van der Waals surface area contributed by atoms with Crippen LogP contribution in [-0.2, 0) is 9.59 Å². The van der Waals surface area contributed by atoms with E-state index in [4.69, 9.17) is 0 Å². The summed E-state index contributed by atoms with van der Waals surface area (Å²) in [4.78, 5) is 34.7. The van der Waals surface area contributed by atoms with Gasteiger partial charge in [-0.15, -0.1) is 0 Å². The van der Waals surface area contributed by atoms with Crippen LogP contribution in [0.4, 0.5) is 17.1 Å². The number of carbonyl (C=O) groups is 3. The molecule has 0 heterocycles. The van der Waals surface area contributed by atoms with Crippen LogP contribution in [0.25, 0.3) is 0 Å². The van der Waals surface area contributed by atoms with Gasteiger partial charge in [0.1, 0.15) is 0 Å². The Morgan fingerprint density at radius 3 is 2.00 bits per heavy atom. The van der Waals surface area contributed by atoms with Crippen molar-refractivity contribution in [3.63, 3.8) is 0 Å². The molecule has 118 valence electrons. The molecule has 2 aromatic rings. The lowest BCUT2D eigenvalue weighted by Crippen LogP contribution is -2.16. The summed E-state index contributed by atoms with van der Waals surface area (Å²) < 4.78 is 0. The molecule has 23 heavy (non-hydrogen) atoms. The number of carbonyl (C=O) groups excluding carboxylic acids is 3. The summed E-state index contributed by atoms with van der Waals surface area (Å²) in [6.07, 6.45) is 0. The van der Waals surface area contributed by atoms with Crippen LogP contribution in [0.15, 0.2) is 48.5 Å². The topological polar surface area (TPSA) is 87.3 Å². The second-order valence-electron chi connectivity index (χ2n) is 4.94. The van der Waals surface area contributed by atoms with E-state index in [-0.39, 0.29) is 17.7 Å². The zero-order valence-corrected chi connectivity index (χ0v) is 12.8. The van der Waals surface area contributed by atoms with Gasteiger partial charge in [-0.25, -0.2) is 0 Å². The predicted molar refractivity (Wildman–Crippen MR) is 89.4 cm³/mol. The van der Waals surface area contributed by atoms with E-state index < -0.39 is 0 Å². The van der Waals surface area contributed by atoms with E-state index >= 15 is 0 Å². The largest absolute Gasteiger partial charge is 0.326 e. The van der Waals surface area contributed by atoms with Crippen molar-refractivity contribution in [2.45, 2.75) is 13.8 Å². The fourth-order valence-corrected chi connectivity index (χ4v) is 2.06. The first-order chi connectivity index (χ1) is 11.0. The molecule has 0 radical (unpaired) electrons. The number of hydrogen-bond donors (Lipinski definition) is 3. The summed E-state index contributed by atoms with van der Waals surface area (Å²) in [7, 11) is 0. The number of nitrogens with one attached hydrogen (secondary N) is 3. The van der Waals surface area contributed by atoms with Gasteiger partial charge < -0.3 is 16.0 Å². The van der Waals surface area contributed by atoms with Crippen LogP contribution >= 0.6 is 0 Å². The Kier molecular flexibility index (Phi) is 5.09. The van der Waals surface area contributed by atoms with Crippen LogP contribution in [0, 0.1) is 0 Å². The summed E-state index contributed by atoms with van der Waals surface area (Å²) in [6.45, 7) is 2.79. The Balaban J connectivity index is 2.19. The van der Waals surface area contributed by atoms with Crippen LogP contribution < -0.4 is 16.0 Å². The van der Waals surface area contributed by atoms with Crippen LogP contribution in [0.5, 0.6) is 0 Å². The highest BCUT2D eigenvalue weighted by atomic mass is 16.2. The van der Waals surface area contributed by atoms with Crippen LogP contribution in [0.3, 0.4) is 0 Å². The fourth-order valence-electron chi connectivity index (χ4n) is 2.06. The van der Waals surface area contributed by atoms with Crippen molar-refractivity contribution in [1.29, 1.82) is 0 Å². The average Bonchev–Trinajstić information content (AvgIpc) is 2.46. The molecule has 3 amide bonds. The highest BCUT2D eigenvalue weighted by Crippen LogP contribution is 2.19. The Hall–Kier alpha value is -3.15. The molecular formula is C17H17N3O3. The van der Waals surface area contributed by atoms with Gasteiger partial charge in [0.25, 0.3) is 5.91 Å². The highest BCUT2D eigenvalue weighted by molar-refractivity contribution is 6.10. The maximum Gasteiger partial charge on any atom is 0.257 e. The quantitative estimate of drug-likeness (QED) is 0.811. The van der Waals surface area contributed by atoms with Gasteiger partial charge in [0, 0.05) is 25.2 Å². The molecule has 3 N–H and O–H groups in total. The first-order valence-electron chi connectivity index (χ1n) is 7.01. The number of rotatable bonds is 4. The van der Waals surface area contributed by atoms with E-state index in [1.807, 2.05) is 0 Å². The van der Waals surface area contributed by atoms with Gasteiger partial charge in [0.2, 0.25) is 11.8 Å². The Labute approximate surface area is 133 Å². The third-order valence-corrected chi connectivity index (χ3v) is 2.92. The van der Waals surface area contributed by atoms with E-state index in [0.717, 1.165) is 0 Å². The smallest absolute Gasteiger partial charge is 0.257 e. The van der Waals surface area contributed by atoms with Crippen molar-refractivity contribution in [1.82, 2.24) is 0 Å². The zero-order valence-electron chi connectivity index (χ0n) is 12.8. The number of hydrogen-bond acceptors (Lipinski definition) is 3. The molecule has 0 saturated carbocycles. The van der Waals surface area contributed by atoms with Gasteiger partial charge >= 0.3 is 0 Å². The number of para-hydroxylation sites is 1. The molecule has 2 rings (SSSR count). The molecule has 0 saturated heterocycles. The lowest BCUT2D eigenvalue weighted by atomic mass is 10.1. The normalized spacial score (nSPS) is 9.83. The first-order valence-corrected chi connectivity index (χ1v) is 7.01. The van der Waals surface area contributed by atoms with Crippen molar-refractivity contribution in [3.05, 3.63) is 54.1 Å². The summed E-state index contributed by atoms with van der Waals surface area (Å²) >= 11 is 0. The predicted octanol–water partition coefficient (Wildman–Crippen LogP) is 2.86. The maximum atomic E-state index is 12.4. The lowest BCUT2D eigenvalue weighted by Gasteiger charge is -2.11. The Morgan fingerprint density at radius 2 is 1.35 bits per heavy atom. The third kappa shape index (κ3) is 4.67. The number of anilines is 3. The second kappa shape index (κ2) is 7.22. The molecule has 2 aromatic carbocycles. The van der Waals surface area contributed by atoms with Crippen molar-refractivity contribution < 1.29 is 14.4 Å². The summed E-state index contributed by atoms with van der Waals surface area (Å²) in [5, 5.41) is 8.01. The maximum absolute atomic E-state index is 12.4. The molecule has 0 bridgehead atoms. The van der Waals surface area contributed by atoms with Gasteiger partial charge in [0.05, 0.1) is 11.3 Å². The standard InChI is InChI=1S/C17H17N3O3/c1-11(21)18-13-6-5-7-14(10-13)20-17(23)15-8-3-4-9-16(15)19-12(2)22/h3-10H,1-2H3,(H,18,21)(H,19,22)(H,20,23). The summed E-state index contributed by atoms with van der Waals surface area (Å²) in [5.41, 5.74) is 1.92. The fraction of sp³-hybridized carbons (Fsp3) is 0.118. The van der Waals surface area contributed by atoms with E-state index in [9.17, 15) is 14.4 Å². The van der Waals surface area contributed by atoms with Gasteiger partial charge in [-0.05, 0) is 30.3 Å². The van der Waals surface area contributed by atoms with E-state index in [2.05, 4.69) is 16.0 Å². The minimum absolute atomic E-state index is 0.190. The first kappa shape index (κ1) is 16.2. The molecule has 6 heteroatoms. The lowest BCUT2D eigenvalue weighted by molar-refractivity contribution is -0.115. The molecule has 0 aromatic heterocycles. The Morgan fingerprint density at radius 1 is 0.739 bits per heavy atom. The molecule has 0 fully saturated rings. The van der Waals surface area contributed by atoms with Crippen molar-refractivity contribution in [3.8, 4) is 0 Å². The molecule has 6 nitrogen and oxygen atoms in total. The summed E-state index contributed by atoms with van der Waals surface area (Å²) in [5.74, 6) is -0.795. The van der Waals surface area contributed by atoms with E-state index in [0.29, 0.717) is 22.6 Å². The van der Waals surface area contributed by atoms with Gasteiger partial charge in [-0.1, -0.05) is 18.2 Å². The number of amides is 3. The highest BCUT2D eigenvalue weighted by Gasteiger charge is 2.12. The van der Waals surface area contributed by atoms with Gasteiger partial charge in [-0.2, -0.15) is 0 Å². The zero-order chi connectivity index (χ0) is 16.8. The van der Waals surface area contributed by atoms with Crippen molar-refractivity contribution >= 4 is 34.8 Å². The Bertz CT molecular complexity index is 756. The summed E-state index contributed by atoms with van der Waals surface area (Å²) in [6, 6.07) is 13.5. The molecule has 0 aliphatic carbocycles. The average molecular weight is 311 g/mol. The van der Waals surface area contributed by atoms with Crippen LogP contribution in [-0.4, -0.2) is 17.7 Å². The molecule has 0 spiro atoms. The minimum atomic E-state index is -0.352. The van der Waals surface area contributed by atoms with E-state index in [1.165, 1.54) is 13.8 Å². The van der Waals surface area contributed by atoms with Gasteiger partial charge in [-0.3, -0.25) is 14.4 Å². The SMILES string of the molecule is CC(=O)Nc1cccc(NC(=O)c2ccccc2NC(C)=O)c1. The van der Waals surface area contributed by atoms with Crippen molar-refractivity contribution in [2.75, 3.05) is 16.0 Å². The monoisotopic (exact) mass is 311 g/mol. The van der Waals surface area contributed by atoms with Crippen LogP contribution in [0.1, 0.15) is 24.2 Å². The van der Waals surface area contributed by atoms with Gasteiger partial charge in [0.15, 0.2) is 0 Å². The minimum Gasteiger partial charge on any atom is -0.326 e. The molecule has 0 aliphatic heterocycles. The molecule has 0 unspecified atom stereocenters. The van der Waals surface area contributed by atoms with E-state index in [1.54, 1.807) is 48.5 Å². The molecular weight excluding hydrogens is 294 g/mol. The third-order valence-electron chi connectivity index (χ3n) is 2.92. The second-order valence-corrected chi connectivity index (χ2v) is 4.94. The van der Waals surface area contributed by atoms with Crippen molar-refractivity contribution in [2.24, 2.45) is 0 Å².